The molecule has 0 amide bonds. The van der Waals surface area contributed by atoms with Gasteiger partial charge in [0.2, 0.25) is 0 Å². The minimum absolute atomic E-state index is 0.813. The third-order valence-corrected chi connectivity index (χ3v) is 6.29. The topological polar surface area (TPSA) is 41.1 Å². The summed E-state index contributed by atoms with van der Waals surface area (Å²) in [6.07, 6.45) is 8.46. The van der Waals surface area contributed by atoms with Gasteiger partial charge in [0.1, 0.15) is 5.82 Å². The summed E-state index contributed by atoms with van der Waals surface area (Å²) in [5, 5.41) is 6.15. The molecule has 0 atom stereocenters. The first kappa shape index (κ1) is 32.4. The molecule has 0 saturated heterocycles. The summed E-state index contributed by atoms with van der Waals surface area (Å²) >= 11 is 3.25. The van der Waals surface area contributed by atoms with E-state index in [0.717, 1.165) is 27.1 Å². The second-order valence-electron chi connectivity index (χ2n) is 8.73. The highest BCUT2D eigenvalue weighted by molar-refractivity contribution is 8.11. The van der Waals surface area contributed by atoms with E-state index < -0.39 is 0 Å². The summed E-state index contributed by atoms with van der Waals surface area (Å²) in [4.78, 5) is 13.6. The molecule has 0 radical (unpaired) electrons. The van der Waals surface area contributed by atoms with E-state index in [1.54, 1.807) is 23.1 Å². The third kappa shape index (κ3) is 15.3. The molecule has 2 aromatic heterocycles. The second-order valence-corrected chi connectivity index (χ2v) is 10.9. The van der Waals surface area contributed by atoms with E-state index in [-0.39, 0.29) is 0 Å². The molecule has 0 aromatic carbocycles. The summed E-state index contributed by atoms with van der Waals surface area (Å²) in [6.45, 7) is 23.5. The number of hydrogen-bond acceptors (Lipinski definition) is 6. The zero-order valence-electron chi connectivity index (χ0n) is 23.1. The Balaban J connectivity index is 0.000000704. The van der Waals surface area contributed by atoms with Crippen LogP contribution in [0.25, 0.3) is 4.91 Å². The summed E-state index contributed by atoms with van der Waals surface area (Å²) in [5.74, 6) is 0.813. The van der Waals surface area contributed by atoms with Gasteiger partial charge in [0.25, 0.3) is 0 Å². The molecule has 0 bridgehead atoms. The van der Waals surface area contributed by atoms with Crippen LogP contribution in [0.3, 0.4) is 0 Å². The number of aromatic nitrogens is 2. The Morgan fingerprint density at radius 3 is 2.24 bits per heavy atom. The van der Waals surface area contributed by atoms with E-state index in [9.17, 15) is 0 Å². The summed E-state index contributed by atoms with van der Waals surface area (Å²) in [5.41, 5.74) is 3.38. The number of thiazole rings is 1. The summed E-state index contributed by atoms with van der Waals surface area (Å²) in [7, 11) is 2.21. The normalized spacial score (nSPS) is 10.1. The molecule has 0 aliphatic carbocycles. The van der Waals surface area contributed by atoms with Gasteiger partial charge in [-0.1, -0.05) is 76.9 Å². The standard InChI is InChI=1S/C16H19N3S2.C9H21N.C3H8/c1-10(2)15(21-11(3)4)13-9-20-16(18-13)19-14-7-6-12(5)8-17-14;1-4-6-7-9-10(3)8-5-2;1-3-2/h6-9H,3H2,1-2,4-5H3,(H,17,18,19);4-9H2,1-3H3;3H2,1-2H3. The maximum absolute atomic E-state index is 4.65. The quantitative estimate of drug-likeness (QED) is 0.308. The molecule has 0 unspecified atom stereocenters. The average Bonchev–Trinajstić information content (AvgIpc) is 3.23. The van der Waals surface area contributed by atoms with Gasteiger partial charge in [0, 0.05) is 16.5 Å². The largest absolute Gasteiger partial charge is 0.316 e. The number of hydrogen-bond donors (Lipinski definition) is 1. The van der Waals surface area contributed by atoms with Crippen molar-refractivity contribution in [2.45, 2.75) is 87.5 Å². The third-order valence-electron chi connectivity index (χ3n) is 4.36. The maximum atomic E-state index is 4.65. The fourth-order valence-corrected chi connectivity index (χ4v) is 4.34. The van der Waals surface area contributed by atoms with Crippen LogP contribution in [0.1, 0.15) is 91.8 Å². The average molecular weight is 505 g/mol. The first-order valence-electron chi connectivity index (χ1n) is 12.5. The minimum atomic E-state index is 0.813. The van der Waals surface area contributed by atoms with E-state index in [1.807, 2.05) is 32.2 Å². The number of pyridine rings is 1. The minimum Gasteiger partial charge on any atom is -0.316 e. The number of thioether (sulfide) groups is 1. The predicted octanol–water partition coefficient (Wildman–Crippen LogP) is 9.54. The highest BCUT2D eigenvalue weighted by Gasteiger charge is 2.10. The Bertz CT molecular complexity index is 821. The van der Waals surface area contributed by atoms with Gasteiger partial charge >= 0.3 is 0 Å². The van der Waals surface area contributed by atoms with Crippen LogP contribution in [-0.2, 0) is 0 Å². The highest BCUT2D eigenvalue weighted by Crippen LogP contribution is 2.36. The van der Waals surface area contributed by atoms with Gasteiger partial charge in [-0.25, -0.2) is 9.97 Å². The van der Waals surface area contributed by atoms with Gasteiger partial charge in [0.15, 0.2) is 5.13 Å². The number of unbranched alkanes of at least 4 members (excludes halogenated alkanes) is 2. The van der Waals surface area contributed by atoms with Gasteiger partial charge in [-0.3, -0.25) is 0 Å². The van der Waals surface area contributed by atoms with E-state index >= 15 is 0 Å². The van der Waals surface area contributed by atoms with Crippen molar-refractivity contribution in [3.05, 3.63) is 52.0 Å². The number of aryl methyl sites for hydroxylation is 1. The van der Waals surface area contributed by atoms with Crippen molar-refractivity contribution in [3.8, 4) is 0 Å². The maximum Gasteiger partial charge on any atom is 0.188 e. The molecule has 34 heavy (non-hydrogen) atoms. The van der Waals surface area contributed by atoms with Gasteiger partial charge in [-0.2, -0.15) is 0 Å². The van der Waals surface area contributed by atoms with E-state index in [2.05, 4.69) is 80.7 Å². The Labute approximate surface area is 218 Å². The molecule has 192 valence electrons. The molecule has 0 aliphatic heterocycles. The van der Waals surface area contributed by atoms with Crippen LogP contribution in [0.5, 0.6) is 0 Å². The van der Waals surface area contributed by atoms with Crippen molar-refractivity contribution in [2.75, 3.05) is 25.5 Å². The van der Waals surface area contributed by atoms with Crippen molar-refractivity contribution in [1.82, 2.24) is 14.9 Å². The lowest BCUT2D eigenvalue weighted by Gasteiger charge is -2.14. The number of allylic oxidation sites excluding steroid dienone is 2. The van der Waals surface area contributed by atoms with Crippen LogP contribution in [0, 0.1) is 6.92 Å². The molecule has 2 heterocycles. The van der Waals surface area contributed by atoms with Crippen LogP contribution in [-0.4, -0.2) is 35.0 Å². The lowest BCUT2D eigenvalue weighted by Crippen LogP contribution is -2.20. The molecular weight excluding hydrogens is 456 g/mol. The van der Waals surface area contributed by atoms with Gasteiger partial charge < -0.3 is 10.2 Å². The number of rotatable bonds is 11. The summed E-state index contributed by atoms with van der Waals surface area (Å²) in [6, 6.07) is 3.99. The smallest absolute Gasteiger partial charge is 0.188 e. The second kappa shape index (κ2) is 19.7. The fourth-order valence-electron chi connectivity index (χ4n) is 2.80. The number of nitrogens with zero attached hydrogens (tertiary/aromatic N) is 3. The Kier molecular flexibility index (Phi) is 18.7. The Morgan fingerprint density at radius 2 is 1.74 bits per heavy atom. The Hall–Kier alpha value is -1.63. The van der Waals surface area contributed by atoms with Crippen molar-refractivity contribution in [2.24, 2.45) is 0 Å². The van der Waals surface area contributed by atoms with E-state index in [0.29, 0.717) is 0 Å². The van der Waals surface area contributed by atoms with Gasteiger partial charge in [0.05, 0.1) is 5.69 Å². The van der Waals surface area contributed by atoms with Crippen molar-refractivity contribution >= 4 is 39.0 Å². The zero-order valence-corrected chi connectivity index (χ0v) is 24.8. The molecule has 6 heteroatoms. The lowest BCUT2D eigenvalue weighted by atomic mass is 10.2. The van der Waals surface area contributed by atoms with Crippen molar-refractivity contribution < 1.29 is 0 Å². The van der Waals surface area contributed by atoms with E-state index in [1.165, 1.54) is 55.7 Å². The van der Waals surface area contributed by atoms with Crippen molar-refractivity contribution in [3.63, 3.8) is 0 Å². The molecule has 4 nitrogen and oxygen atoms in total. The van der Waals surface area contributed by atoms with Crippen LogP contribution in [0.4, 0.5) is 10.9 Å². The Morgan fingerprint density at radius 1 is 1.06 bits per heavy atom. The summed E-state index contributed by atoms with van der Waals surface area (Å²) < 4.78 is 0. The fraction of sp³-hybridized carbons (Fsp3) is 0.571. The monoisotopic (exact) mass is 504 g/mol. The van der Waals surface area contributed by atoms with Crippen LogP contribution >= 0.6 is 23.1 Å². The molecule has 0 saturated carbocycles. The molecule has 0 aliphatic rings. The van der Waals surface area contributed by atoms with Crippen LogP contribution in [0.15, 0.2) is 40.8 Å². The van der Waals surface area contributed by atoms with Gasteiger partial charge in [-0.05, 0) is 77.2 Å². The van der Waals surface area contributed by atoms with Crippen LogP contribution in [0.2, 0.25) is 0 Å². The molecule has 1 N–H and O–H groups in total. The lowest BCUT2D eigenvalue weighted by molar-refractivity contribution is 0.326. The van der Waals surface area contributed by atoms with Gasteiger partial charge in [-0.15, -0.1) is 11.3 Å². The zero-order chi connectivity index (χ0) is 25.9. The molecule has 0 spiro atoms. The predicted molar refractivity (Wildman–Crippen MR) is 158 cm³/mol. The number of anilines is 2. The number of nitrogens with one attached hydrogen (secondary N) is 1. The molecule has 2 aromatic rings. The first-order valence-corrected chi connectivity index (χ1v) is 14.2. The van der Waals surface area contributed by atoms with E-state index in [4.69, 9.17) is 0 Å². The van der Waals surface area contributed by atoms with Crippen molar-refractivity contribution in [1.29, 1.82) is 0 Å². The SMILES string of the molecule is C=C(C)SC(=C(C)C)c1csc(Nc2ccc(C)cn2)n1.CCC.CCCCCN(C)CCC. The van der Waals surface area contributed by atoms with Crippen LogP contribution < -0.4 is 5.32 Å². The molecule has 2 rings (SSSR count). The molecular formula is C28H48N4S2. The first-order chi connectivity index (χ1) is 16.2. The highest BCUT2D eigenvalue weighted by atomic mass is 32.2. The molecule has 0 fully saturated rings.